The maximum absolute atomic E-state index is 11.6. The van der Waals surface area contributed by atoms with Gasteiger partial charge in [0.05, 0.1) is 19.0 Å². The fourth-order valence-corrected chi connectivity index (χ4v) is 2.19. The Morgan fingerprint density at radius 3 is 2.90 bits per heavy atom. The molecule has 0 fully saturated rings. The summed E-state index contributed by atoms with van der Waals surface area (Å²) in [5.74, 6) is 0.724. The Kier molecular flexibility index (Phi) is 2.95. The van der Waals surface area contributed by atoms with Crippen molar-refractivity contribution in [3.8, 4) is 23.1 Å². The molecule has 3 aromatic heterocycles. The number of nitrogens with one attached hydrogen (secondary N) is 1. The van der Waals surface area contributed by atoms with E-state index in [0.29, 0.717) is 11.4 Å². The lowest BCUT2D eigenvalue weighted by Crippen LogP contribution is -2.11. The zero-order valence-electron chi connectivity index (χ0n) is 11.5. The van der Waals surface area contributed by atoms with E-state index in [1.165, 1.54) is 0 Å². The van der Waals surface area contributed by atoms with Gasteiger partial charge < -0.3 is 14.1 Å². The van der Waals surface area contributed by atoms with E-state index in [4.69, 9.17) is 10.00 Å². The SMILES string of the molecule is COc1ccc2nc(-c3cc(C#N)c(=O)[nH]c3C)cn2c1. The summed E-state index contributed by atoms with van der Waals surface area (Å²) in [4.78, 5) is 18.8. The first-order valence-electron chi connectivity index (χ1n) is 6.29. The van der Waals surface area contributed by atoms with Crippen LogP contribution in [-0.2, 0) is 0 Å². The molecule has 0 bridgehead atoms. The predicted octanol–water partition coefficient (Wildman–Crippen LogP) is 1.88. The molecule has 0 unspecified atom stereocenters. The van der Waals surface area contributed by atoms with Gasteiger partial charge in [-0.15, -0.1) is 0 Å². The second-order valence-corrected chi connectivity index (χ2v) is 4.62. The number of aromatic amines is 1. The fourth-order valence-electron chi connectivity index (χ4n) is 2.19. The number of nitrogens with zero attached hydrogens (tertiary/aromatic N) is 3. The Hall–Kier alpha value is -3.07. The predicted molar refractivity (Wildman–Crippen MR) is 77.3 cm³/mol. The molecule has 0 saturated heterocycles. The van der Waals surface area contributed by atoms with Crippen molar-refractivity contribution in [1.82, 2.24) is 14.4 Å². The van der Waals surface area contributed by atoms with Gasteiger partial charge in [-0.05, 0) is 25.1 Å². The molecule has 0 aromatic carbocycles. The van der Waals surface area contributed by atoms with E-state index < -0.39 is 0 Å². The van der Waals surface area contributed by atoms with E-state index in [1.54, 1.807) is 20.1 Å². The molecule has 3 heterocycles. The molecule has 0 atom stereocenters. The molecule has 0 spiro atoms. The summed E-state index contributed by atoms with van der Waals surface area (Å²) in [7, 11) is 1.60. The molecule has 21 heavy (non-hydrogen) atoms. The lowest BCUT2D eigenvalue weighted by molar-refractivity contribution is 0.412. The number of nitriles is 1. The number of ether oxygens (including phenoxy) is 1. The minimum Gasteiger partial charge on any atom is -0.495 e. The number of hydrogen-bond donors (Lipinski definition) is 1. The monoisotopic (exact) mass is 280 g/mol. The first-order valence-corrected chi connectivity index (χ1v) is 6.29. The van der Waals surface area contributed by atoms with Crippen molar-refractivity contribution in [3.63, 3.8) is 0 Å². The second-order valence-electron chi connectivity index (χ2n) is 4.62. The zero-order chi connectivity index (χ0) is 15.0. The molecular weight excluding hydrogens is 268 g/mol. The third-order valence-electron chi connectivity index (χ3n) is 3.29. The van der Waals surface area contributed by atoms with Crippen LogP contribution in [0.1, 0.15) is 11.3 Å². The van der Waals surface area contributed by atoms with Crippen LogP contribution in [0.25, 0.3) is 16.9 Å². The van der Waals surface area contributed by atoms with E-state index in [1.807, 2.05) is 35.0 Å². The Morgan fingerprint density at radius 1 is 1.38 bits per heavy atom. The maximum Gasteiger partial charge on any atom is 0.266 e. The highest BCUT2D eigenvalue weighted by atomic mass is 16.5. The highest BCUT2D eigenvalue weighted by Gasteiger charge is 2.11. The van der Waals surface area contributed by atoms with Crippen molar-refractivity contribution in [2.24, 2.45) is 0 Å². The quantitative estimate of drug-likeness (QED) is 0.776. The number of aromatic nitrogens is 3. The van der Waals surface area contributed by atoms with Crippen LogP contribution in [0.15, 0.2) is 35.4 Å². The van der Waals surface area contributed by atoms with E-state index in [2.05, 4.69) is 9.97 Å². The molecule has 0 radical (unpaired) electrons. The van der Waals surface area contributed by atoms with Crippen molar-refractivity contribution in [1.29, 1.82) is 5.26 Å². The standard InChI is InChI=1S/C15H12N4O2/c1-9-12(5-10(6-16)15(20)17-9)13-8-19-7-11(21-2)3-4-14(19)18-13/h3-5,7-8H,1-2H3,(H,17,20). The lowest BCUT2D eigenvalue weighted by Gasteiger charge is -2.02. The highest BCUT2D eigenvalue weighted by molar-refractivity contribution is 5.66. The van der Waals surface area contributed by atoms with Gasteiger partial charge in [0.25, 0.3) is 5.56 Å². The van der Waals surface area contributed by atoms with Crippen LogP contribution in [0.2, 0.25) is 0 Å². The van der Waals surface area contributed by atoms with Gasteiger partial charge in [0, 0.05) is 17.5 Å². The van der Waals surface area contributed by atoms with Crippen LogP contribution in [0.3, 0.4) is 0 Å². The average molecular weight is 280 g/mol. The van der Waals surface area contributed by atoms with Gasteiger partial charge in [-0.2, -0.15) is 5.26 Å². The lowest BCUT2D eigenvalue weighted by atomic mass is 10.1. The maximum atomic E-state index is 11.6. The minimum atomic E-state index is -0.385. The molecule has 104 valence electrons. The highest BCUT2D eigenvalue weighted by Crippen LogP contribution is 2.23. The number of imidazole rings is 1. The smallest absolute Gasteiger partial charge is 0.266 e. The molecule has 3 rings (SSSR count). The van der Waals surface area contributed by atoms with Gasteiger partial charge in [-0.25, -0.2) is 4.98 Å². The van der Waals surface area contributed by atoms with Crippen LogP contribution >= 0.6 is 0 Å². The molecule has 1 N–H and O–H groups in total. The van der Waals surface area contributed by atoms with Crippen LogP contribution in [0.5, 0.6) is 5.75 Å². The summed E-state index contributed by atoms with van der Waals surface area (Å²) in [5.41, 5.74) is 2.54. The number of fused-ring (bicyclic) bond motifs is 1. The van der Waals surface area contributed by atoms with Gasteiger partial charge >= 0.3 is 0 Å². The third-order valence-corrected chi connectivity index (χ3v) is 3.29. The van der Waals surface area contributed by atoms with E-state index >= 15 is 0 Å². The fraction of sp³-hybridized carbons (Fsp3) is 0.133. The zero-order valence-corrected chi connectivity index (χ0v) is 11.5. The van der Waals surface area contributed by atoms with Crippen LogP contribution in [0.4, 0.5) is 0 Å². The number of hydrogen-bond acceptors (Lipinski definition) is 4. The third kappa shape index (κ3) is 2.15. The Morgan fingerprint density at radius 2 is 2.19 bits per heavy atom. The summed E-state index contributed by atoms with van der Waals surface area (Å²) in [5, 5.41) is 8.98. The number of aryl methyl sites for hydroxylation is 1. The summed E-state index contributed by atoms with van der Waals surface area (Å²) in [6.45, 7) is 1.78. The number of H-pyrrole nitrogens is 1. The summed E-state index contributed by atoms with van der Waals surface area (Å²) >= 11 is 0. The van der Waals surface area contributed by atoms with Crippen molar-refractivity contribution in [2.45, 2.75) is 6.92 Å². The van der Waals surface area contributed by atoms with Crippen LogP contribution < -0.4 is 10.3 Å². The molecule has 3 aromatic rings. The largest absolute Gasteiger partial charge is 0.495 e. The van der Waals surface area contributed by atoms with Crippen molar-refractivity contribution < 1.29 is 4.74 Å². The minimum absolute atomic E-state index is 0.0743. The Balaban J connectivity index is 2.21. The van der Waals surface area contributed by atoms with Crippen molar-refractivity contribution in [2.75, 3.05) is 7.11 Å². The van der Waals surface area contributed by atoms with E-state index in [9.17, 15) is 4.79 Å². The molecule has 0 aliphatic rings. The van der Waals surface area contributed by atoms with E-state index in [0.717, 1.165) is 17.0 Å². The first kappa shape index (κ1) is 12.9. The van der Waals surface area contributed by atoms with Gasteiger partial charge in [0.1, 0.15) is 23.0 Å². The van der Waals surface area contributed by atoms with Gasteiger partial charge in [-0.3, -0.25) is 4.79 Å². The topological polar surface area (TPSA) is 83.2 Å². The second kappa shape index (κ2) is 4.80. The van der Waals surface area contributed by atoms with E-state index in [-0.39, 0.29) is 11.1 Å². The molecule has 0 aliphatic carbocycles. The van der Waals surface area contributed by atoms with Crippen molar-refractivity contribution >= 4 is 5.65 Å². The summed E-state index contributed by atoms with van der Waals surface area (Å²) < 4.78 is 7.01. The van der Waals surface area contributed by atoms with Crippen molar-refractivity contribution in [3.05, 3.63) is 52.2 Å². The first-order chi connectivity index (χ1) is 10.1. The Bertz CT molecular complexity index is 931. The average Bonchev–Trinajstić information content (AvgIpc) is 2.89. The molecule has 6 heteroatoms. The summed E-state index contributed by atoms with van der Waals surface area (Å²) in [6, 6.07) is 7.12. The normalized spacial score (nSPS) is 10.5. The molecule has 0 aliphatic heterocycles. The number of methoxy groups -OCH3 is 1. The van der Waals surface area contributed by atoms with Gasteiger partial charge in [-0.1, -0.05) is 0 Å². The summed E-state index contributed by atoms with van der Waals surface area (Å²) in [6.07, 6.45) is 3.65. The van der Waals surface area contributed by atoms with Gasteiger partial charge in [0.2, 0.25) is 0 Å². The van der Waals surface area contributed by atoms with Crippen LogP contribution in [-0.4, -0.2) is 21.5 Å². The van der Waals surface area contributed by atoms with Crippen LogP contribution in [0, 0.1) is 18.3 Å². The Labute approximate surface area is 120 Å². The number of rotatable bonds is 2. The van der Waals surface area contributed by atoms with Gasteiger partial charge in [0.15, 0.2) is 0 Å². The molecule has 0 amide bonds. The molecule has 6 nitrogen and oxygen atoms in total. The number of pyridine rings is 2. The molecule has 0 saturated carbocycles. The molecular formula is C15H12N4O2.